The van der Waals surface area contributed by atoms with E-state index >= 15 is 0 Å². The largest absolute Gasteiger partial charge is 0.494 e. The second kappa shape index (κ2) is 10.5. The summed E-state index contributed by atoms with van der Waals surface area (Å²) in [5, 5.41) is 5.71. The lowest BCUT2D eigenvalue weighted by Crippen LogP contribution is -2.30. The summed E-state index contributed by atoms with van der Waals surface area (Å²) in [6.07, 6.45) is 2.75. The van der Waals surface area contributed by atoms with Gasteiger partial charge in [0.15, 0.2) is 5.16 Å². The van der Waals surface area contributed by atoms with Crippen LogP contribution in [0.25, 0.3) is 0 Å². The zero-order valence-corrected chi connectivity index (χ0v) is 17.9. The number of nitrogens with one attached hydrogen (secondary N) is 2. The monoisotopic (exact) mass is 442 g/mol. The molecule has 2 N–H and O–H groups in total. The molecule has 10 heteroatoms. The van der Waals surface area contributed by atoms with Crippen LogP contribution in [-0.2, 0) is 18.4 Å². The quantitative estimate of drug-likeness (QED) is 0.386. The molecule has 0 atom stereocenters. The molecule has 2 heterocycles. The van der Waals surface area contributed by atoms with Crippen molar-refractivity contribution in [3.05, 3.63) is 70.5 Å². The molecule has 3 rings (SSSR count). The van der Waals surface area contributed by atoms with Crippen molar-refractivity contribution in [3.8, 4) is 5.75 Å². The Hall–Kier alpha value is -3.53. The van der Waals surface area contributed by atoms with Gasteiger partial charge in [0.2, 0.25) is 5.91 Å². The summed E-state index contributed by atoms with van der Waals surface area (Å²) in [6, 6.07) is 10.3. The second-order valence-corrected chi connectivity index (χ2v) is 7.32. The first-order valence-electron chi connectivity index (χ1n) is 9.50. The number of hydrogen-bond acceptors (Lipinski definition) is 7. The van der Waals surface area contributed by atoms with E-state index in [0.717, 1.165) is 11.8 Å². The molecule has 0 fully saturated rings. The number of benzene rings is 1. The zero-order valence-electron chi connectivity index (χ0n) is 17.1. The first-order chi connectivity index (χ1) is 15.0. The number of thioether (sulfide) groups is 1. The Morgan fingerprint density at radius 3 is 2.68 bits per heavy atom. The van der Waals surface area contributed by atoms with E-state index in [1.54, 1.807) is 36.4 Å². The third-order valence-corrected chi connectivity index (χ3v) is 5.21. The molecular weight excluding hydrogens is 420 g/mol. The summed E-state index contributed by atoms with van der Waals surface area (Å²) in [5.41, 5.74) is -0.0675. The maximum atomic E-state index is 12.6. The van der Waals surface area contributed by atoms with E-state index in [1.807, 2.05) is 6.92 Å². The lowest BCUT2D eigenvalue weighted by molar-refractivity contribution is -0.118. The standard InChI is InChI=1S/C21H22N4O5S/c1-3-29-15-8-6-14(7-9-15)24-19(27)17-12-23-21(25(2)20(17)28)31-13-18(26)22-11-16-5-4-10-30-16/h4-10,12H,3,11,13H2,1-2H3,(H,22,26)(H,24,27). The number of rotatable bonds is 9. The van der Waals surface area contributed by atoms with Gasteiger partial charge >= 0.3 is 0 Å². The molecule has 0 aliphatic rings. The number of aromatic nitrogens is 2. The highest BCUT2D eigenvalue weighted by molar-refractivity contribution is 7.99. The number of carbonyl (C=O) groups excluding carboxylic acids is 2. The topological polar surface area (TPSA) is 115 Å². The molecule has 0 bridgehead atoms. The van der Waals surface area contributed by atoms with Crippen molar-refractivity contribution in [3.63, 3.8) is 0 Å². The Morgan fingerprint density at radius 2 is 2.00 bits per heavy atom. The Balaban J connectivity index is 1.59. The van der Waals surface area contributed by atoms with Crippen molar-refractivity contribution in [2.24, 2.45) is 7.05 Å². The van der Waals surface area contributed by atoms with E-state index in [-0.39, 0.29) is 23.8 Å². The van der Waals surface area contributed by atoms with Gasteiger partial charge in [-0.25, -0.2) is 4.98 Å². The summed E-state index contributed by atoms with van der Waals surface area (Å²) >= 11 is 1.10. The van der Waals surface area contributed by atoms with Gasteiger partial charge in [0, 0.05) is 18.9 Å². The Labute approximate surface area is 182 Å². The van der Waals surface area contributed by atoms with Crippen LogP contribution in [0.3, 0.4) is 0 Å². The van der Waals surface area contributed by atoms with Crippen LogP contribution in [-0.4, -0.2) is 33.7 Å². The van der Waals surface area contributed by atoms with Crippen molar-refractivity contribution in [2.75, 3.05) is 17.7 Å². The molecule has 0 saturated heterocycles. The Bertz CT molecular complexity index is 1090. The average Bonchev–Trinajstić information content (AvgIpc) is 3.28. The van der Waals surface area contributed by atoms with E-state index in [9.17, 15) is 14.4 Å². The highest BCUT2D eigenvalue weighted by atomic mass is 32.2. The number of carbonyl (C=O) groups is 2. The lowest BCUT2D eigenvalue weighted by Gasteiger charge is -2.10. The maximum Gasteiger partial charge on any atom is 0.266 e. The highest BCUT2D eigenvalue weighted by Gasteiger charge is 2.16. The maximum absolute atomic E-state index is 12.6. The predicted molar refractivity (Wildman–Crippen MR) is 116 cm³/mol. The molecule has 2 amide bonds. The van der Waals surface area contributed by atoms with Crippen LogP contribution in [0.5, 0.6) is 5.75 Å². The van der Waals surface area contributed by atoms with E-state index in [1.165, 1.54) is 24.1 Å². The van der Waals surface area contributed by atoms with Crippen LogP contribution in [0.2, 0.25) is 0 Å². The smallest absolute Gasteiger partial charge is 0.266 e. The number of furan rings is 1. The van der Waals surface area contributed by atoms with Crippen molar-refractivity contribution < 1.29 is 18.7 Å². The normalized spacial score (nSPS) is 10.5. The minimum Gasteiger partial charge on any atom is -0.494 e. The number of nitrogens with zero attached hydrogens (tertiary/aromatic N) is 2. The van der Waals surface area contributed by atoms with Gasteiger partial charge in [0.25, 0.3) is 11.5 Å². The van der Waals surface area contributed by atoms with Crippen molar-refractivity contribution >= 4 is 29.3 Å². The first kappa shape index (κ1) is 22.2. The minimum atomic E-state index is -0.565. The average molecular weight is 442 g/mol. The van der Waals surface area contributed by atoms with Crippen molar-refractivity contribution in [1.29, 1.82) is 0 Å². The predicted octanol–water partition coefficient (Wildman–Crippen LogP) is 2.43. The van der Waals surface area contributed by atoms with E-state index in [4.69, 9.17) is 9.15 Å². The van der Waals surface area contributed by atoms with Gasteiger partial charge in [-0.1, -0.05) is 11.8 Å². The summed E-state index contributed by atoms with van der Waals surface area (Å²) < 4.78 is 11.8. The number of amides is 2. The summed E-state index contributed by atoms with van der Waals surface area (Å²) in [7, 11) is 1.51. The zero-order chi connectivity index (χ0) is 22.2. The third-order valence-electron chi connectivity index (χ3n) is 4.17. The van der Waals surface area contributed by atoms with E-state index in [2.05, 4.69) is 15.6 Å². The first-order valence-corrected chi connectivity index (χ1v) is 10.5. The molecule has 0 radical (unpaired) electrons. The molecular formula is C21H22N4O5S. The Kier molecular flexibility index (Phi) is 7.50. The fraction of sp³-hybridized carbons (Fsp3) is 0.238. The summed E-state index contributed by atoms with van der Waals surface area (Å²) in [6.45, 7) is 2.71. The molecule has 3 aromatic rings. The van der Waals surface area contributed by atoms with Crippen LogP contribution in [0.15, 0.2) is 63.2 Å². The summed E-state index contributed by atoms with van der Waals surface area (Å²) in [5.74, 6) is 0.607. The van der Waals surface area contributed by atoms with Crippen LogP contribution in [0, 0.1) is 0 Å². The van der Waals surface area contributed by atoms with Gasteiger partial charge in [-0.2, -0.15) is 0 Å². The molecule has 0 unspecified atom stereocenters. The van der Waals surface area contributed by atoms with Gasteiger partial charge in [0.05, 0.1) is 25.2 Å². The molecule has 0 aliphatic heterocycles. The number of anilines is 1. The fourth-order valence-electron chi connectivity index (χ4n) is 2.60. The molecule has 162 valence electrons. The number of ether oxygens (including phenoxy) is 1. The van der Waals surface area contributed by atoms with E-state index < -0.39 is 11.5 Å². The van der Waals surface area contributed by atoms with Crippen molar-refractivity contribution in [1.82, 2.24) is 14.9 Å². The fourth-order valence-corrected chi connectivity index (χ4v) is 3.36. The molecule has 2 aromatic heterocycles. The van der Waals surface area contributed by atoms with Gasteiger partial charge in [0.1, 0.15) is 17.1 Å². The van der Waals surface area contributed by atoms with Gasteiger partial charge < -0.3 is 19.8 Å². The molecule has 0 aliphatic carbocycles. The lowest BCUT2D eigenvalue weighted by atomic mass is 10.2. The molecule has 0 spiro atoms. The second-order valence-electron chi connectivity index (χ2n) is 6.37. The minimum absolute atomic E-state index is 0.0682. The Morgan fingerprint density at radius 1 is 1.23 bits per heavy atom. The van der Waals surface area contributed by atoms with Crippen LogP contribution in [0.4, 0.5) is 5.69 Å². The van der Waals surface area contributed by atoms with E-state index in [0.29, 0.717) is 29.0 Å². The molecule has 0 saturated carbocycles. The third kappa shape index (κ3) is 5.98. The van der Waals surface area contributed by atoms with Gasteiger partial charge in [-0.15, -0.1) is 0 Å². The highest BCUT2D eigenvalue weighted by Crippen LogP contribution is 2.17. The molecule has 9 nitrogen and oxygen atoms in total. The SMILES string of the molecule is CCOc1ccc(NC(=O)c2cnc(SCC(=O)NCc3ccco3)n(C)c2=O)cc1. The van der Waals surface area contributed by atoms with Crippen LogP contribution in [0.1, 0.15) is 23.0 Å². The molecule has 1 aromatic carbocycles. The van der Waals surface area contributed by atoms with Crippen LogP contribution < -0.4 is 20.9 Å². The van der Waals surface area contributed by atoms with Gasteiger partial charge in [-0.05, 0) is 43.3 Å². The van der Waals surface area contributed by atoms with Crippen molar-refractivity contribution in [2.45, 2.75) is 18.6 Å². The summed E-state index contributed by atoms with van der Waals surface area (Å²) in [4.78, 5) is 41.3. The molecule has 31 heavy (non-hydrogen) atoms. The number of hydrogen-bond donors (Lipinski definition) is 2. The van der Waals surface area contributed by atoms with Crippen LogP contribution >= 0.6 is 11.8 Å². The van der Waals surface area contributed by atoms with Gasteiger partial charge in [-0.3, -0.25) is 19.0 Å².